The van der Waals surface area contributed by atoms with Crippen LogP contribution in [-0.4, -0.2) is 19.7 Å². The molecule has 2 aromatic heterocycles. The lowest BCUT2D eigenvalue weighted by Crippen LogP contribution is -2.16. The molecule has 0 unspecified atom stereocenters. The number of nitrogens with zero attached hydrogens (tertiary/aromatic N) is 3. The van der Waals surface area contributed by atoms with E-state index < -0.39 is 17.5 Å². The Morgan fingerprint density at radius 1 is 1.17 bits per heavy atom. The van der Waals surface area contributed by atoms with E-state index in [9.17, 15) is 17.6 Å². The topological polar surface area (TPSA) is 46.5 Å². The van der Waals surface area contributed by atoms with Crippen LogP contribution in [0, 0.1) is 0 Å². The zero-order valence-electron chi connectivity index (χ0n) is 12.0. The quantitative estimate of drug-likeness (QED) is 0.688. The first-order chi connectivity index (χ1) is 10.6. The van der Waals surface area contributed by atoms with Gasteiger partial charge in [-0.1, -0.05) is 11.6 Å². The second-order valence-electron chi connectivity index (χ2n) is 5.55. The molecule has 0 saturated carbocycles. The summed E-state index contributed by atoms with van der Waals surface area (Å²) in [7, 11) is 0. The Morgan fingerprint density at radius 3 is 2.48 bits per heavy atom. The zero-order chi connectivity index (χ0) is 17.0. The van der Waals surface area contributed by atoms with Gasteiger partial charge in [-0.2, -0.15) is 18.3 Å². The molecule has 0 aliphatic rings. The first-order valence-corrected chi connectivity index (χ1v) is 6.94. The summed E-state index contributed by atoms with van der Waals surface area (Å²) in [5.74, 6) is -0.358. The predicted octanol–water partition coefficient (Wildman–Crippen LogP) is 4.63. The molecule has 23 heavy (non-hydrogen) atoms. The van der Waals surface area contributed by atoms with Crippen molar-refractivity contribution in [3.63, 3.8) is 0 Å². The summed E-state index contributed by atoms with van der Waals surface area (Å²) in [4.78, 5) is 3.42. The summed E-state index contributed by atoms with van der Waals surface area (Å²) in [6.45, 7) is 2.29. The highest BCUT2D eigenvalue weighted by Gasteiger charge is 2.38. The lowest BCUT2D eigenvalue weighted by molar-refractivity contribution is -0.141. The van der Waals surface area contributed by atoms with Gasteiger partial charge in [-0.05, 0) is 26.0 Å². The van der Waals surface area contributed by atoms with E-state index in [1.807, 2.05) is 0 Å². The number of nitrogens with one attached hydrogen (secondary N) is 1. The van der Waals surface area contributed by atoms with E-state index >= 15 is 0 Å². The molecule has 0 bridgehead atoms. The van der Waals surface area contributed by atoms with Gasteiger partial charge in [-0.15, -0.1) is 0 Å². The molecule has 2 heterocycles. The van der Waals surface area contributed by atoms with E-state index in [-0.39, 0.29) is 16.5 Å². The normalized spacial score (nSPS) is 13.0. The van der Waals surface area contributed by atoms with Gasteiger partial charge < -0.3 is 4.57 Å². The number of benzene rings is 1. The molecule has 0 atom stereocenters. The third kappa shape index (κ3) is 2.78. The van der Waals surface area contributed by atoms with E-state index in [1.165, 1.54) is 12.3 Å². The average molecular weight is 347 g/mol. The van der Waals surface area contributed by atoms with Crippen molar-refractivity contribution in [2.45, 2.75) is 25.7 Å². The molecule has 3 rings (SSSR count). The second kappa shape index (κ2) is 4.95. The monoisotopic (exact) mass is 346 g/mol. The molecule has 9 heteroatoms. The van der Waals surface area contributed by atoms with Gasteiger partial charge in [0.2, 0.25) is 0 Å². The minimum absolute atomic E-state index is 0.264. The van der Waals surface area contributed by atoms with E-state index in [2.05, 4.69) is 15.2 Å². The molecular weight excluding hydrogens is 336 g/mol. The highest BCUT2D eigenvalue weighted by molar-refractivity contribution is 6.35. The fraction of sp³-hybridized carbons (Fsp3) is 0.286. The van der Waals surface area contributed by atoms with Crippen molar-refractivity contribution in [1.29, 1.82) is 0 Å². The maximum Gasteiger partial charge on any atom is 0.434 e. The molecular formula is C14H11ClF4N4. The minimum Gasteiger partial charge on any atom is -0.300 e. The van der Waals surface area contributed by atoms with Crippen molar-refractivity contribution in [3.05, 3.63) is 41.1 Å². The minimum atomic E-state index is -4.67. The number of rotatable bonds is 2. The molecule has 3 aromatic rings. The molecule has 4 nitrogen and oxygen atoms in total. The zero-order valence-corrected chi connectivity index (χ0v) is 12.8. The number of alkyl halides is 4. The van der Waals surface area contributed by atoms with Crippen LogP contribution in [-0.2, 0) is 11.8 Å². The number of aromatic amines is 1. The van der Waals surface area contributed by atoms with Crippen LogP contribution in [0.4, 0.5) is 17.6 Å². The lowest BCUT2D eigenvalue weighted by Gasteiger charge is -2.16. The summed E-state index contributed by atoms with van der Waals surface area (Å²) in [5.41, 5.74) is -2.41. The molecule has 0 fully saturated rings. The van der Waals surface area contributed by atoms with Gasteiger partial charge in [0, 0.05) is 17.3 Å². The standard InChI is InChI=1S/C14H11ClF4N4/c1-13(2,16)12-21-10(14(17,18)19)6-23(12)8-3-7-5-20-22-11(7)9(15)4-8/h3-6H,1-2H3,(H,20,22). The molecule has 122 valence electrons. The third-order valence-electron chi connectivity index (χ3n) is 3.29. The molecule has 1 N–H and O–H groups in total. The van der Waals surface area contributed by atoms with Crippen molar-refractivity contribution in [2.24, 2.45) is 0 Å². The van der Waals surface area contributed by atoms with E-state index in [0.717, 1.165) is 24.6 Å². The highest BCUT2D eigenvalue weighted by atomic mass is 35.5. The lowest BCUT2D eigenvalue weighted by atomic mass is 10.1. The number of hydrogen-bond acceptors (Lipinski definition) is 2. The van der Waals surface area contributed by atoms with Crippen LogP contribution >= 0.6 is 11.6 Å². The molecule has 0 aliphatic heterocycles. The molecule has 0 saturated heterocycles. The maximum absolute atomic E-state index is 14.3. The Labute approximate surface area is 133 Å². The van der Waals surface area contributed by atoms with E-state index in [1.54, 1.807) is 6.07 Å². The number of imidazole rings is 1. The molecule has 1 aromatic carbocycles. The van der Waals surface area contributed by atoms with Gasteiger partial charge in [0.15, 0.2) is 17.2 Å². The fourth-order valence-electron chi connectivity index (χ4n) is 2.27. The van der Waals surface area contributed by atoms with Crippen molar-refractivity contribution in [3.8, 4) is 5.69 Å². The smallest absolute Gasteiger partial charge is 0.300 e. The third-order valence-corrected chi connectivity index (χ3v) is 3.59. The Morgan fingerprint density at radius 2 is 1.87 bits per heavy atom. The molecule has 0 radical (unpaired) electrons. The van der Waals surface area contributed by atoms with Gasteiger partial charge in [-0.25, -0.2) is 9.37 Å². The van der Waals surface area contributed by atoms with E-state index in [0.29, 0.717) is 10.9 Å². The van der Waals surface area contributed by atoms with Gasteiger partial charge in [-0.3, -0.25) is 5.10 Å². The second-order valence-corrected chi connectivity index (χ2v) is 5.96. The summed E-state index contributed by atoms with van der Waals surface area (Å²) >= 11 is 6.10. The predicted molar refractivity (Wildman–Crippen MR) is 77.4 cm³/mol. The van der Waals surface area contributed by atoms with Crippen LogP contribution in [0.5, 0.6) is 0 Å². The van der Waals surface area contributed by atoms with Gasteiger partial charge in [0.25, 0.3) is 0 Å². The van der Waals surface area contributed by atoms with Crippen LogP contribution in [0.15, 0.2) is 24.5 Å². The van der Waals surface area contributed by atoms with Crippen molar-refractivity contribution in [2.75, 3.05) is 0 Å². The summed E-state index contributed by atoms with van der Waals surface area (Å²) in [6, 6.07) is 2.99. The fourth-order valence-corrected chi connectivity index (χ4v) is 2.53. The maximum atomic E-state index is 14.3. The highest BCUT2D eigenvalue weighted by Crippen LogP contribution is 2.35. The number of halogens is 5. The Hall–Kier alpha value is -2.09. The number of H-pyrrole nitrogens is 1. The van der Waals surface area contributed by atoms with Crippen LogP contribution in [0.25, 0.3) is 16.6 Å². The van der Waals surface area contributed by atoms with Gasteiger partial charge in [0.1, 0.15) is 0 Å². The SMILES string of the molecule is CC(C)(F)c1nc(C(F)(F)F)cn1-c1cc(Cl)c2[nH]ncc2c1. The van der Waals surface area contributed by atoms with Crippen LogP contribution < -0.4 is 0 Å². The number of fused-ring (bicyclic) bond motifs is 1. The van der Waals surface area contributed by atoms with Crippen LogP contribution in [0.2, 0.25) is 5.02 Å². The Kier molecular flexibility index (Phi) is 3.40. The summed E-state index contributed by atoms with van der Waals surface area (Å²) < 4.78 is 54.2. The van der Waals surface area contributed by atoms with Crippen molar-refractivity contribution in [1.82, 2.24) is 19.7 Å². The molecule has 0 spiro atoms. The molecule has 0 aliphatic carbocycles. The Bertz CT molecular complexity index is 873. The van der Waals surface area contributed by atoms with Crippen LogP contribution in [0.1, 0.15) is 25.4 Å². The van der Waals surface area contributed by atoms with E-state index in [4.69, 9.17) is 11.6 Å². The summed E-state index contributed by atoms with van der Waals surface area (Å²) in [6.07, 6.45) is -2.43. The van der Waals surface area contributed by atoms with Gasteiger partial charge in [0.05, 0.1) is 16.7 Å². The average Bonchev–Trinajstić information content (AvgIpc) is 3.03. The largest absolute Gasteiger partial charge is 0.434 e. The first kappa shape index (κ1) is 15.8. The van der Waals surface area contributed by atoms with Crippen molar-refractivity contribution < 1.29 is 17.6 Å². The summed E-state index contributed by atoms with van der Waals surface area (Å²) in [5, 5.41) is 7.36. The number of hydrogen-bond donors (Lipinski definition) is 1. The Balaban J connectivity index is 2.26. The van der Waals surface area contributed by atoms with Gasteiger partial charge >= 0.3 is 6.18 Å². The van der Waals surface area contributed by atoms with Crippen LogP contribution in [0.3, 0.4) is 0 Å². The number of aromatic nitrogens is 4. The first-order valence-electron chi connectivity index (χ1n) is 6.56. The molecule has 0 amide bonds. The van der Waals surface area contributed by atoms with Crippen molar-refractivity contribution >= 4 is 22.5 Å².